The summed E-state index contributed by atoms with van der Waals surface area (Å²) in [5, 5.41) is 0.972. The Hall–Kier alpha value is -1.85. The van der Waals surface area contributed by atoms with Crippen LogP contribution < -0.4 is 3.82 Å². The molecule has 0 spiro atoms. The number of rotatable bonds is 4. The maximum absolute atomic E-state index is 12.7. The van der Waals surface area contributed by atoms with E-state index in [-0.39, 0.29) is 5.82 Å². The van der Waals surface area contributed by atoms with Gasteiger partial charge in [-0.1, -0.05) is 30.3 Å². The van der Waals surface area contributed by atoms with Gasteiger partial charge in [0.1, 0.15) is 5.82 Å². The minimum absolute atomic E-state index is 0.345. The summed E-state index contributed by atoms with van der Waals surface area (Å²) in [6, 6.07) is 13.7. The van der Waals surface area contributed by atoms with Gasteiger partial charge in [0.05, 0.1) is 11.1 Å². The van der Waals surface area contributed by atoms with Crippen LogP contribution in [0.3, 0.4) is 0 Å². The lowest BCUT2D eigenvalue weighted by atomic mass is 10.2. The Morgan fingerprint density at radius 2 is 1.60 bits per heavy atom. The number of nitrogens with zero attached hydrogens (tertiary/aromatic N) is 1. The molecule has 6 heteroatoms. The Morgan fingerprint density at radius 1 is 1.00 bits per heavy atom. The van der Waals surface area contributed by atoms with E-state index in [4.69, 9.17) is 11.8 Å². The molecule has 0 aromatic heterocycles. The summed E-state index contributed by atoms with van der Waals surface area (Å²) in [7, 11) is -3.80. The second-order valence-electron chi connectivity index (χ2n) is 3.95. The molecule has 0 N–H and O–H groups in total. The first-order valence-electron chi connectivity index (χ1n) is 5.69. The molecule has 0 fully saturated rings. The molecule has 0 saturated carbocycles. The third-order valence-electron chi connectivity index (χ3n) is 2.49. The van der Waals surface area contributed by atoms with Crippen molar-refractivity contribution in [1.82, 2.24) is 0 Å². The molecular formula is C14H11ClFNO2S. The Labute approximate surface area is 122 Å². The molecule has 0 aliphatic heterocycles. The van der Waals surface area contributed by atoms with Crippen LogP contribution in [0.5, 0.6) is 0 Å². The highest BCUT2D eigenvalue weighted by Gasteiger charge is 2.16. The van der Waals surface area contributed by atoms with E-state index >= 15 is 0 Å². The monoisotopic (exact) mass is 311 g/mol. The molecule has 20 heavy (non-hydrogen) atoms. The fourth-order valence-electron chi connectivity index (χ4n) is 1.48. The average molecular weight is 312 g/mol. The first kappa shape index (κ1) is 14.6. The molecule has 2 aromatic carbocycles. The van der Waals surface area contributed by atoms with Gasteiger partial charge in [0, 0.05) is 11.8 Å². The van der Waals surface area contributed by atoms with Gasteiger partial charge in [0.15, 0.2) is 0 Å². The van der Waals surface area contributed by atoms with Gasteiger partial charge in [-0.05, 0) is 35.9 Å². The van der Waals surface area contributed by atoms with E-state index in [1.807, 2.05) is 0 Å². The summed E-state index contributed by atoms with van der Waals surface area (Å²) >= 11 is 5.82. The molecule has 0 aliphatic rings. The van der Waals surface area contributed by atoms with Gasteiger partial charge >= 0.3 is 0 Å². The lowest BCUT2D eigenvalue weighted by molar-refractivity contribution is 0.606. The highest BCUT2D eigenvalue weighted by molar-refractivity contribution is 7.97. The van der Waals surface area contributed by atoms with Gasteiger partial charge in [-0.2, -0.15) is 3.82 Å². The Morgan fingerprint density at radius 3 is 2.20 bits per heavy atom. The van der Waals surface area contributed by atoms with E-state index < -0.39 is 10.0 Å². The molecule has 0 atom stereocenters. The predicted octanol–water partition coefficient (Wildman–Crippen LogP) is 3.79. The van der Waals surface area contributed by atoms with Crippen molar-refractivity contribution in [3.63, 3.8) is 0 Å². The molecule has 0 amide bonds. The quantitative estimate of drug-likeness (QED) is 0.806. The summed E-state index contributed by atoms with van der Waals surface area (Å²) in [5.41, 5.74) is 0.908. The molecule has 0 aliphatic carbocycles. The van der Waals surface area contributed by atoms with Gasteiger partial charge in [-0.25, -0.2) is 12.8 Å². The largest absolute Gasteiger partial charge is 0.271 e. The smallest absolute Gasteiger partial charge is 0.207 e. The second-order valence-corrected chi connectivity index (χ2v) is 6.16. The van der Waals surface area contributed by atoms with E-state index in [9.17, 15) is 12.8 Å². The van der Waals surface area contributed by atoms with Gasteiger partial charge in [0.2, 0.25) is 0 Å². The van der Waals surface area contributed by atoms with E-state index in [1.54, 1.807) is 30.3 Å². The van der Waals surface area contributed by atoms with Crippen LogP contribution in [0.2, 0.25) is 0 Å². The molecule has 0 bridgehead atoms. The van der Waals surface area contributed by atoms with Crippen LogP contribution in [0.15, 0.2) is 60.0 Å². The zero-order chi connectivity index (χ0) is 14.6. The Kier molecular flexibility index (Phi) is 4.42. The lowest BCUT2D eigenvalue weighted by Gasteiger charge is -2.12. The maximum atomic E-state index is 12.7. The molecule has 0 heterocycles. The van der Waals surface area contributed by atoms with E-state index in [2.05, 4.69) is 0 Å². The van der Waals surface area contributed by atoms with Crippen molar-refractivity contribution in [2.75, 3.05) is 3.82 Å². The summed E-state index contributed by atoms with van der Waals surface area (Å²) in [5.74, 6) is -0.381. The lowest BCUT2D eigenvalue weighted by Crippen LogP contribution is -2.18. The summed E-state index contributed by atoms with van der Waals surface area (Å²) < 4.78 is 37.4. The van der Waals surface area contributed by atoms with Crippen molar-refractivity contribution in [2.45, 2.75) is 0 Å². The van der Waals surface area contributed by atoms with E-state index in [1.165, 1.54) is 30.3 Å². The van der Waals surface area contributed by atoms with Crippen LogP contribution in [0, 0.1) is 5.82 Å². The van der Waals surface area contributed by atoms with Crippen molar-refractivity contribution in [3.8, 4) is 0 Å². The molecule has 0 radical (unpaired) electrons. The second kappa shape index (κ2) is 6.07. The molecule has 104 valence electrons. The highest BCUT2D eigenvalue weighted by atomic mass is 35.5. The molecule has 0 saturated heterocycles. The SMILES string of the molecule is O=S(=O)(C=Cc1ccc(F)cc1)N(Cl)c1ccccc1. The predicted molar refractivity (Wildman–Crippen MR) is 79.1 cm³/mol. The third kappa shape index (κ3) is 3.59. The fourth-order valence-corrected chi connectivity index (χ4v) is 2.59. The van der Waals surface area contributed by atoms with E-state index in [0.717, 1.165) is 5.41 Å². The van der Waals surface area contributed by atoms with E-state index in [0.29, 0.717) is 15.1 Å². The number of para-hydroxylation sites is 1. The number of sulfonamides is 1. The van der Waals surface area contributed by atoms with Gasteiger partial charge in [0.25, 0.3) is 10.0 Å². The van der Waals surface area contributed by atoms with Crippen LogP contribution >= 0.6 is 11.8 Å². The third-order valence-corrected chi connectivity index (χ3v) is 4.40. The van der Waals surface area contributed by atoms with Crippen LogP contribution in [0.4, 0.5) is 10.1 Å². The highest BCUT2D eigenvalue weighted by Crippen LogP contribution is 2.21. The van der Waals surface area contributed by atoms with Crippen molar-refractivity contribution in [2.24, 2.45) is 0 Å². The van der Waals surface area contributed by atoms with Crippen molar-refractivity contribution in [1.29, 1.82) is 0 Å². The van der Waals surface area contributed by atoms with Gasteiger partial charge < -0.3 is 0 Å². The maximum Gasteiger partial charge on any atom is 0.271 e. The van der Waals surface area contributed by atoms with Gasteiger partial charge in [-0.15, -0.1) is 0 Å². The average Bonchev–Trinajstić information content (AvgIpc) is 2.47. The standard InChI is InChI=1S/C14H11ClFNO2S/c15-17(14-4-2-1-3-5-14)20(18,19)11-10-12-6-8-13(16)9-7-12/h1-11H. The van der Waals surface area contributed by atoms with Crippen LogP contribution in [-0.4, -0.2) is 8.42 Å². The minimum atomic E-state index is -3.80. The van der Waals surface area contributed by atoms with Crippen LogP contribution in [-0.2, 0) is 10.0 Å². The Bertz CT molecular complexity index is 700. The summed E-state index contributed by atoms with van der Waals surface area (Å²) in [4.78, 5) is 0. The zero-order valence-electron chi connectivity index (χ0n) is 10.3. The first-order chi connectivity index (χ1) is 9.49. The summed E-state index contributed by atoms with van der Waals surface area (Å²) in [6.45, 7) is 0. The fraction of sp³-hybridized carbons (Fsp3) is 0. The zero-order valence-corrected chi connectivity index (χ0v) is 11.9. The molecule has 2 aromatic rings. The molecule has 3 nitrogen and oxygen atoms in total. The number of hydrogen-bond acceptors (Lipinski definition) is 2. The number of halogens is 2. The van der Waals surface area contributed by atoms with Crippen LogP contribution in [0.1, 0.15) is 5.56 Å². The minimum Gasteiger partial charge on any atom is -0.207 e. The topological polar surface area (TPSA) is 37.4 Å². The summed E-state index contributed by atoms with van der Waals surface area (Å²) in [6.07, 6.45) is 1.35. The Balaban J connectivity index is 2.21. The van der Waals surface area contributed by atoms with Crippen molar-refractivity contribution < 1.29 is 12.8 Å². The number of hydrogen-bond donors (Lipinski definition) is 0. The molecular weight excluding hydrogens is 301 g/mol. The molecule has 2 rings (SSSR count). The number of anilines is 1. The normalized spacial score (nSPS) is 11.7. The van der Waals surface area contributed by atoms with Crippen LogP contribution in [0.25, 0.3) is 6.08 Å². The molecule has 0 unspecified atom stereocenters. The van der Waals surface area contributed by atoms with Crippen molar-refractivity contribution >= 4 is 33.6 Å². The van der Waals surface area contributed by atoms with Crippen molar-refractivity contribution in [3.05, 3.63) is 71.4 Å². The van der Waals surface area contributed by atoms with Gasteiger partial charge in [-0.3, -0.25) is 0 Å². The first-order valence-corrected chi connectivity index (χ1v) is 7.53. The number of benzene rings is 2.